The van der Waals surface area contributed by atoms with E-state index in [0.717, 1.165) is 24.8 Å². The van der Waals surface area contributed by atoms with Crippen LogP contribution >= 0.6 is 11.6 Å². The van der Waals surface area contributed by atoms with Crippen LogP contribution in [0, 0.1) is 0 Å². The SMILES string of the molecule is CCN(CC(=O)Nc1ccc2c(c1)OCCO2)C(=O)C1(c2ccc(Cl)cc2)CCC1. The van der Waals surface area contributed by atoms with Crippen molar-refractivity contribution in [1.82, 2.24) is 4.90 Å². The third-order valence-electron chi connectivity index (χ3n) is 5.84. The van der Waals surface area contributed by atoms with Crippen LogP contribution in [0.5, 0.6) is 11.5 Å². The van der Waals surface area contributed by atoms with Gasteiger partial charge in [-0.25, -0.2) is 0 Å². The van der Waals surface area contributed by atoms with Crippen LogP contribution in [0.2, 0.25) is 5.02 Å². The number of hydrogen-bond donors (Lipinski definition) is 1. The summed E-state index contributed by atoms with van der Waals surface area (Å²) in [6.07, 6.45) is 2.57. The van der Waals surface area contributed by atoms with Crippen LogP contribution < -0.4 is 14.8 Å². The first-order chi connectivity index (χ1) is 14.5. The summed E-state index contributed by atoms with van der Waals surface area (Å²) in [7, 11) is 0. The van der Waals surface area contributed by atoms with Gasteiger partial charge in [-0.05, 0) is 49.6 Å². The zero-order chi connectivity index (χ0) is 21.1. The van der Waals surface area contributed by atoms with Gasteiger partial charge in [0.05, 0.1) is 12.0 Å². The molecule has 6 nitrogen and oxygen atoms in total. The number of hydrogen-bond acceptors (Lipinski definition) is 4. The van der Waals surface area contributed by atoms with E-state index in [1.165, 1.54) is 0 Å². The van der Waals surface area contributed by atoms with Crippen molar-refractivity contribution in [1.29, 1.82) is 0 Å². The predicted molar refractivity (Wildman–Crippen MR) is 115 cm³/mol. The fraction of sp³-hybridized carbons (Fsp3) is 0.391. The van der Waals surface area contributed by atoms with Crippen molar-refractivity contribution in [3.63, 3.8) is 0 Å². The fourth-order valence-electron chi connectivity index (χ4n) is 4.05. The number of benzene rings is 2. The maximum atomic E-state index is 13.4. The molecular formula is C23H25ClN2O4. The predicted octanol–water partition coefficient (Wildman–Crippen LogP) is 4.02. The van der Waals surface area contributed by atoms with Gasteiger partial charge < -0.3 is 19.7 Å². The Bertz CT molecular complexity index is 941. The summed E-state index contributed by atoms with van der Waals surface area (Å²) in [4.78, 5) is 27.7. The average Bonchev–Trinajstić information content (AvgIpc) is 2.72. The molecule has 2 amide bonds. The number of ether oxygens (including phenoxy) is 2. The highest BCUT2D eigenvalue weighted by Crippen LogP contribution is 2.45. The summed E-state index contributed by atoms with van der Waals surface area (Å²) < 4.78 is 11.1. The minimum Gasteiger partial charge on any atom is -0.486 e. The lowest BCUT2D eigenvalue weighted by molar-refractivity contribution is -0.143. The smallest absolute Gasteiger partial charge is 0.243 e. The van der Waals surface area contributed by atoms with E-state index >= 15 is 0 Å². The van der Waals surface area contributed by atoms with Gasteiger partial charge in [0.25, 0.3) is 0 Å². The van der Waals surface area contributed by atoms with E-state index in [1.54, 1.807) is 23.1 Å². The van der Waals surface area contributed by atoms with E-state index in [0.29, 0.717) is 42.0 Å². The molecular weight excluding hydrogens is 404 g/mol. The molecule has 2 aliphatic rings. The average molecular weight is 429 g/mol. The fourth-order valence-corrected chi connectivity index (χ4v) is 4.18. The zero-order valence-electron chi connectivity index (χ0n) is 16.9. The summed E-state index contributed by atoms with van der Waals surface area (Å²) in [5.74, 6) is 1.03. The Hall–Kier alpha value is -2.73. The Morgan fingerprint density at radius 1 is 1.07 bits per heavy atom. The minimum atomic E-state index is -0.558. The maximum Gasteiger partial charge on any atom is 0.243 e. The molecule has 1 heterocycles. The largest absolute Gasteiger partial charge is 0.486 e. The molecule has 0 spiro atoms. The number of carbonyl (C=O) groups excluding carboxylic acids is 2. The molecule has 0 aromatic heterocycles. The summed E-state index contributed by atoms with van der Waals surface area (Å²) in [6, 6.07) is 12.8. The second-order valence-electron chi connectivity index (χ2n) is 7.67. The zero-order valence-corrected chi connectivity index (χ0v) is 17.7. The molecule has 1 N–H and O–H groups in total. The number of likely N-dealkylation sites (N-methyl/N-ethyl adjacent to an activating group) is 1. The summed E-state index contributed by atoms with van der Waals surface area (Å²) in [5, 5.41) is 3.51. The second kappa shape index (κ2) is 8.56. The molecule has 1 aliphatic heterocycles. The monoisotopic (exact) mass is 428 g/mol. The first-order valence-electron chi connectivity index (χ1n) is 10.3. The molecule has 2 aromatic carbocycles. The molecule has 0 unspecified atom stereocenters. The highest BCUT2D eigenvalue weighted by atomic mass is 35.5. The minimum absolute atomic E-state index is 0.000878. The van der Waals surface area contributed by atoms with E-state index in [4.69, 9.17) is 21.1 Å². The number of carbonyl (C=O) groups is 2. The van der Waals surface area contributed by atoms with Crippen LogP contribution in [0.25, 0.3) is 0 Å². The van der Waals surface area contributed by atoms with E-state index in [-0.39, 0.29) is 18.4 Å². The van der Waals surface area contributed by atoms with Gasteiger partial charge in [-0.1, -0.05) is 30.2 Å². The van der Waals surface area contributed by atoms with Crippen LogP contribution in [-0.2, 0) is 15.0 Å². The lowest BCUT2D eigenvalue weighted by atomic mass is 9.63. The van der Waals surface area contributed by atoms with Crippen LogP contribution in [0.3, 0.4) is 0 Å². The van der Waals surface area contributed by atoms with E-state index in [1.807, 2.05) is 31.2 Å². The highest BCUT2D eigenvalue weighted by molar-refractivity contribution is 6.30. The summed E-state index contributed by atoms with van der Waals surface area (Å²) in [6.45, 7) is 3.35. The number of halogens is 1. The third kappa shape index (κ3) is 3.97. The molecule has 0 atom stereocenters. The molecule has 1 aliphatic carbocycles. The van der Waals surface area contributed by atoms with Gasteiger partial charge in [0.2, 0.25) is 11.8 Å². The van der Waals surface area contributed by atoms with Gasteiger partial charge in [0.15, 0.2) is 11.5 Å². The molecule has 0 saturated heterocycles. The van der Waals surface area contributed by atoms with Gasteiger partial charge in [0, 0.05) is 23.3 Å². The number of nitrogens with zero attached hydrogens (tertiary/aromatic N) is 1. The van der Waals surface area contributed by atoms with E-state index in [2.05, 4.69) is 5.32 Å². The van der Waals surface area contributed by atoms with Crippen LogP contribution in [0.15, 0.2) is 42.5 Å². The van der Waals surface area contributed by atoms with E-state index < -0.39 is 5.41 Å². The Morgan fingerprint density at radius 2 is 1.77 bits per heavy atom. The quantitative estimate of drug-likeness (QED) is 0.754. The standard InChI is InChI=1S/C23H25ClN2O4/c1-2-26(22(28)23(10-3-11-23)16-4-6-17(24)7-5-16)15-21(27)25-18-8-9-19-20(14-18)30-13-12-29-19/h4-9,14H,2-3,10-13,15H2,1H3,(H,25,27). The van der Waals surface area contributed by atoms with Crippen LogP contribution in [0.4, 0.5) is 5.69 Å². The van der Waals surface area contributed by atoms with Crippen LogP contribution in [0.1, 0.15) is 31.7 Å². The first kappa shape index (κ1) is 20.5. The number of amides is 2. The molecule has 0 radical (unpaired) electrons. The van der Waals surface area contributed by atoms with Crippen molar-refractivity contribution in [2.24, 2.45) is 0 Å². The number of anilines is 1. The summed E-state index contributed by atoms with van der Waals surface area (Å²) in [5.41, 5.74) is 1.02. The molecule has 1 fully saturated rings. The van der Waals surface area contributed by atoms with Gasteiger partial charge in [-0.3, -0.25) is 9.59 Å². The Kier molecular flexibility index (Phi) is 5.86. The molecule has 4 rings (SSSR count). The molecule has 30 heavy (non-hydrogen) atoms. The first-order valence-corrected chi connectivity index (χ1v) is 10.6. The highest BCUT2D eigenvalue weighted by Gasteiger charge is 2.47. The number of nitrogens with one attached hydrogen (secondary N) is 1. The Labute approximate surface area is 181 Å². The molecule has 1 saturated carbocycles. The number of fused-ring (bicyclic) bond motifs is 1. The molecule has 158 valence electrons. The third-order valence-corrected chi connectivity index (χ3v) is 6.09. The Balaban J connectivity index is 1.45. The van der Waals surface area contributed by atoms with Gasteiger partial charge >= 0.3 is 0 Å². The second-order valence-corrected chi connectivity index (χ2v) is 8.10. The van der Waals surface area contributed by atoms with Crippen molar-refractivity contribution in [3.05, 3.63) is 53.1 Å². The molecule has 0 bridgehead atoms. The van der Waals surface area contributed by atoms with Gasteiger partial charge in [0.1, 0.15) is 13.2 Å². The van der Waals surface area contributed by atoms with Gasteiger partial charge in [-0.15, -0.1) is 0 Å². The van der Waals surface area contributed by atoms with Gasteiger partial charge in [-0.2, -0.15) is 0 Å². The number of rotatable bonds is 6. The van der Waals surface area contributed by atoms with Crippen molar-refractivity contribution < 1.29 is 19.1 Å². The normalized spacial score (nSPS) is 16.3. The maximum absolute atomic E-state index is 13.4. The molecule has 2 aromatic rings. The summed E-state index contributed by atoms with van der Waals surface area (Å²) >= 11 is 6.02. The Morgan fingerprint density at radius 3 is 2.40 bits per heavy atom. The lowest BCUT2D eigenvalue weighted by Gasteiger charge is -2.43. The van der Waals surface area contributed by atoms with Crippen molar-refractivity contribution in [2.75, 3.05) is 31.6 Å². The lowest BCUT2D eigenvalue weighted by Crippen LogP contribution is -2.52. The van der Waals surface area contributed by atoms with Crippen molar-refractivity contribution >= 4 is 29.1 Å². The van der Waals surface area contributed by atoms with E-state index in [9.17, 15) is 9.59 Å². The molecule has 7 heteroatoms. The topological polar surface area (TPSA) is 67.9 Å². The van der Waals surface area contributed by atoms with Crippen molar-refractivity contribution in [3.8, 4) is 11.5 Å². The van der Waals surface area contributed by atoms with Crippen LogP contribution in [-0.4, -0.2) is 43.0 Å². The van der Waals surface area contributed by atoms with Crippen molar-refractivity contribution in [2.45, 2.75) is 31.6 Å².